The van der Waals surface area contributed by atoms with Crippen molar-refractivity contribution in [2.75, 3.05) is 17.6 Å². The molecule has 2 aromatic rings. The molecule has 136 valence electrons. The average molecular weight is 401 g/mol. The van der Waals surface area contributed by atoms with Crippen LogP contribution in [-0.4, -0.2) is 34.1 Å². The number of nitrogens with zero attached hydrogens (tertiary/aromatic N) is 1. The molecule has 0 unspecified atom stereocenters. The molecule has 6 nitrogen and oxygen atoms in total. The molecule has 0 bridgehead atoms. The minimum atomic E-state index is -3.93. The molecule has 1 aromatic heterocycles. The van der Waals surface area contributed by atoms with Crippen molar-refractivity contribution in [3.05, 3.63) is 42.5 Å². The molecule has 0 fully saturated rings. The first-order chi connectivity index (χ1) is 11.7. The Morgan fingerprint density at radius 3 is 2.40 bits per heavy atom. The van der Waals surface area contributed by atoms with E-state index in [0.717, 1.165) is 16.9 Å². The van der Waals surface area contributed by atoms with E-state index in [9.17, 15) is 16.8 Å². The first-order valence-electron chi connectivity index (χ1n) is 7.62. The summed E-state index contributed by atoms with van der Waals surface area (Å²) in [6.07, 6.45) is 1.99. The minimum Gasteiger partial charge on any atom is -0.371 e. The van der Waals surface area contributed by atoms with E-state index in [0.29, 0.717) is 13.0 Å². The van der Waals surface area contributed by atoms with Crippen molar-refractivity contribution in [3.8, 4) is 0 Å². The highest BCUT2D eigenvalue weighted by Gasteiger charge is 2.30. The third kappa shape index (κ3) is 4.28. The second-order valence-electron chi connectivity index (χ2n) is 5.42. The zero-order valence-corrected chi connectivity index (χ0v) is 16.5. The summed E-state index contributed by atoms with van der Waals surface area (Å²) >= 11 is 0.834. The largest absolute Gasteiger partial charge is 0.371 e. The van der Waals surface area contributed by atoms with Crippen LogP contribution < -0.4 is 5.32 Å². The molecule has 0 spiro atoms. The Morgan fingerprint density at radius 1 is 1.20 bits per heavy atom. The maximum atomic E-state index is 12.9. The second kappa shape index (κ2) is 7.67. The van der Waals surface area contributed by atoms with Gasteiger partial charge in [-0.2, -0.15) is 0 Å². The van der Waals surface area contributed by atoms with Gasteiger partial charge in [0.1, 0.15) is 5.00 Å². The highest BCUT2D eigenvalue weighted by Crippen LogP contribution is 2.35. The normalized spacial score (nSPS) is 12.1. The molecule has 0 aliphatic rings. The lowest BCUT2D eigenvalue weighted by Crippen LogP contribution is -2.09. The van der Waals surface area contributed by atoms with Crippen LogP contribution in [0.4, 0.5) is 5.00 Å². The lowest BCUT2D eigenvalue weighted by atomic mass is 10.2. The number of thiazole rings is 1. The van der Waals surface area contributed by atoms with E-state index in [1.165, 1.54) is 12.1 Å². The number of hydrogen-bond acceptors (Lipinski definition) is 7. The summed E-state index contributed by atoms with van der Waals surface area (Å²) in [6.45, 7) is 7.47. The van der Waals surface area contributed by atoms with E-state index in [1.807, 2.05) is 6.92 Å². The second-order valence-corrected chi connectivity index (χ2v) is 10.6. The molecule has 0 radical (unpaired) electrons. The van der Waals surface area contributed by atoms with Crippen LogP contribution in [0.15, 0.2) is 51.2 Å². The summed E-state index contributed by atoms with van der Waals surface area (Å²) in [7, 11) is -7.54. The van der Waals surface area contributed by atoms with Gasteiger partial charge in [-0.15, -0.1) is 6.58 Å². The van der Waals surface area contributed by atoms with Crippen molar-refractivity contribution < 1.29 is 16.8 Å². The van der Waals surface area contributed by atoms with Crippen LogP contribution in [-0.2, 0) is 19.7 Å². The molecule has 0 saturated carbocycles. The SMILES string of the molecule is C=CCNc1sc(S(=O)(=O)CCC)nc1S(=O)(=O)c1ccc(C)cc1. The first kappa shape index (κ1) is 19.6. The monoisotopic (exact) mass is 400 g/mol. The van der Waals surface area contributed by atoms with Crippen LogP contribution in [0.25, 0.3) is 0 Å². The number of benzene rings is 1. The van der Waals surface area contributed by atoms with Gasteiger partial charge in [0.2, 0.25) is 24.0 Å². The molecular formula is C16H20N2O4S3. The van der Waals surface area contributed by atoms with E-state index in [4.69, 9.17) is 0 Å². The highest BCUT2D eigenvalue weighted by atomic mass is 32.2. The average Bonchev–Trinajstić information content (AvgIpc) is 2.99. The number of rotatable bonds is 8. The first-order valence-corrected chi connectivity index (χ1v) is 11.6. The van der Waals surface area contributed by atoms with Crippen LogP contribution in [0.2, 0.25) is 0 Å². The Hall–Kier alpha value is -1.71. The number of aryl methyl sites for hydroxylation is 1. The van der Waals surface area contributed by atoms with Gasteiger partial charge in [-0.1, -0.05) is 42.0 Å². The third-order valence-electron chi connectivity index (χ3n) is 3.31. The maximum Gasteiger partial charge on any atom is 0.226 e. The van der Waals surface area contributed by atoms with Crippen molar-refractivity contribution >= 4 is 36.0 Å². The Balaban J connectivity index is 2.59. The van der Waals surface area contributed by atoms with Crippen LogP contribution in [0.5, 0.6) is 0 Å². The molecule has 1 heterocycles. The van der Waals surface area contributed by atoms with Gasteiger partial charge in [0.05, 0.1) is 10.6 Å². The van der Waals surface area contributed by atoms with Gasteiger partial charge in [0.15, 0.2) is 5.03 Å². The van der Waals surface area contributed by atoms with E-state index in [1.54, 1.807) is 25.1 Å². The van der Waals surface area contributed by atoms with Crippen molar-refractivity contribution in [1.82, 2.24) is 4.98 Å². The van der Waals surface area contributed by atoms with Gasteiger partial charge in [0.25, 0.3) is 0 Å². The van der Waals surface area contributed by atoms with Crippen molar-refractivity contribution in [2.45, 2.75) is 34.5 Å². The Kier molecular flexibility index (Phi) is 6.02. The summed E-state index contributed by atoms with van der Waals surface area (Å²) in [6, 6.07) is 6.35. The van der Waals surface area contributed by atoms with Crippen molar-refractivity contribution in [2.24, 2.45) is 0 Å². The summed E-state index contributed by atoms with van der Waals surface area (Å²) in [4.78, 5) is 4.04. The molecule has 1 N–H and O–H groups in total. The number of anilines is 1. The van der Waals surface area contributed by atoms with Crippen molar-refractivity contribution in [3.63, 3.8) is 0 Å². The highest BCUT2D eigenvalue weighted by molar-refractivity contribution is 7.94. The van der Waals surface area contributed by atoms with E-state index >= 15 is 0 Å². The molecule has 25 heavy (non-hydrogen) atoms. The summed E-state index contributed by atoms with van der Waals surface area (Å²) in [5.74, 6) is -0.0779. The van der Waals surface area contributed by atoms with Crippen LogP contribution in [0.3, 0.4) is 0 Å². The van der Waals surface area contributed by atoms with Gasteiger partial charge in [-0.3, -0.25) is 0 Å². The van der Waals surface area contributed by atoms with E-state index in [-0.39, 0.29) is 25.0 Å². The number of nitrogens with one attached hydrogen (secondary N) is 1. The smallest absolute Gasteiger partial charge is 0.226 e. The Labute approximate surface area is 152 Å². The molecule has 0 saturated heterocycles. The van der Waals surface area contributed by atoms with Crippen molar-refractivity contribution in [1.29, 1.82) is 0 Å². The zero-order chi connectivity index (χ0) is 18.7. The fourth-order valence-corrected chi connectivity index (χ4v) is 6.43. The molecule has 1 aromatic carbocycles. The molecule has 0 aliphatic carbocycles. The fraction of sp³-hybridized carbons (Fsp3) is 0.312. The topological polar surface area (TPSA) is 93.2 Å². The predicted octanol–water partition coefficient (Wildman–Crippen LogP) is 3.07. The van der Waals surface area contributed by atoms with Gasteiger partial charge in [-0.25, -0.2) is 21.8 Å². The lowest BCUT2D eigenvalue weighted by molar-refractivity contribution is 0.589. The number of hydrogen-bond donors (Lipinski definition) is 1. The standard InChI is InChI=1S/C16H20N2O4S3/c1-4-10-17-14-15(18-16(23-14)24(19,20)11-5-2)25(21,22)13-8-6-12(3)7-9-13/h4,6-9,17H,1,5,10-11H2,2-3H3. The summed E-state index contributed by atoms with van der Waals surface area (Å²) in [5, 5.41) is 2.82. The summed E-state index contributed by atoms with van der Waals surface area (Å²) < 4.78 is 50.2. The maximum absolute atomic E-state index is 12.9. The number of sulfone groups is 2. The Morgan fingerprint density at radius 2 is 1.84 bits per heavy atom. The predicted molar refractivity (Wildman–Crippen MR) is 99.8 cm³/mol. The van der Waals surface area contributed by atoms with Crippen LogP contribution >= 0.6 is 11.3 Å². The summed E-state index contributed by atoms with van der Waals surface area (Å²) in [5.41, 5.74) is 0.924. The quantitative estimate of drug-likeness (QED) is 0.685. The molecule has 0 amide bonds. The van der Waals surface area contributed by atoms with E-state index < -0.39 is 19.7 Å². The fourth-order valence-electron chi connectivity index (χ4n) is 2.06. The molecule has 0 atom stereocenters. The van der Waals surface area contributed by atoms with Gasteiger partial charge >= 0.3 is 0 Å². The van der Waals surface area contributed by atoms with Crippen LogP contribution in [0.1, 0.15) is 18.9 Å². The van der Waals surface area contributed by atoms with E-state index in [2.05, 4.69) is 16.9 Å². The lowest BCUT2D eigenvalue weighted by Gasteiger charge is -2.05. The van der Waals surface area contributed by atoms with Gasteiger partial charge in [-0.05, 0) is 25.5 Å². The third-order valence-corrected chi connectivity index (χ3v) is 8.52. The van der Waals surface area contributed by atoms with Gasteiger partial charge in [0, 0.05) is 6.54 Å². The molecule has 2 rings (SSSR count). The number of aromatic nitrogens is 1. The minimum absolute atomic E-state index is 0.0736. The molecular weight excluding hydrogens is 380 g/mol. The molecule has 0 aliphatic heterocycles. The van der Waals surface area contributed by atoms with Gasteiger partial charge < -0.3 is 5.32 Å². The Bertz CT molecular complexity index is 959. The van der Waals surface area contributed by atoms with Crippen LogP contribution in [0, 0.1) is 6.92 Å². The zero-order valence-electron chi connectivity index (χ0n) is 14.0. The molecule has 9 heteroatoms.